The number of rotatable bonds is 3. The van der Waals surface area contributed by atoms with Crippen LogP contribution in [-0.2, 0) is 4.74 Å². The van der Waals surface area contributed by atoms with Crippen LogP contribution in [0.3, 0.4) is 0 Å². The minimum Gasteiger partial charge on any atom is -0.371 e. The van der Waals surface area contributed by atoms with Crippen LogP contribution in [0.2, 0.25) is 0 Å². The molecule has 0 amide bonds. The molecular weight excluding hydrogens is 323 g/mol. The van der Waals surface area contributed by atoms with Gasteiger partial charge in [0.15, 0.2) is 11.6 Å². The number of nitrogens with zero attached hydrogens (tertiary/aromatic N) is 5. The second-order valence-corrected chi connectivity index (χ2v) is 6.82. The first-order valence-electron chi connectivity index (χ1n) is 8.55. The molecule has 2 saturated heterocycles. The van der Waals surface area contributed by atoms with E-state index in [-0.39, 0.29) is 11.6 Å². The summed E-state index contributed by atoms with van der Waals surface area (Å²) in [7, 11) is 0. The topological polar surface area (TPSA) is 76.1 Å². The van der Waals surface area contributed by atoms with Crippen LogP contribution in [0.25, 0.3) is 0 Å². The van der Waals surface area contributed by atoms with Crippen molar-refractivity contribution in [2.24, 2.45) is 0 Å². The van der Waals surface area contributed by atoms with Crippen molar-refractivity contribution in [1.82, 2.24) is 20.2 Å². The highest BCUT2D eigenvalue weighted by Gasteiger charge is 2.44. The SMILES string of the molecule is Cc1ccc(N2CCC[C@]3(C[C@H](Nc4ncc(F)cn4)CO3)C2)nn1. The van der Waals surface area contributed by atoms with Crippen LogP contribution in [0.1, 0.15) is 25.0 Å². The fourth-order valence-corrected chi connectivity index (χ4v) is 3.64. The molecule has 132 valence electrons. The number of ether oxygens (including phenoxy) is 1. The molecule has 0 saturated carbocycles. The van der Waals surface area contributed by atoms with Crippen molar-refractivity contribution < 1.29 is 9.13 Å². The third-order valence-corrected chi connectivity index (χ3v) is 4.81. The normalized spacial score (nSPS) is 26.2. The zero-order valence-electron chi connectivity index (χ0n) is 14.2. The molecule has 0 aromatic carbocycles. The number of piperidine rings is 1. The standard InChI is InChI=1S/C17H21FN6O/c1-12-3-4-15(23-22-12)24-6-2-5-17(11-24)7-14(10-25-17)21-16-19-8-13(18)9-20-16/h3-4,8-9,14H,2,5-7,10-11H2,1H3,(H,19,20,21)/t14-,17-/m0/s1. The fourth-order valence-electron chi connectivity index (χ4n) is 3.64. The Labute approximate surface area is 145 Å². The molecule has 1 spiro atoms. The summed E-state index contributed by atoms with van der Waals surface area (Å²) in [6.07, 6.45) is 5.27. The molecule has 0 radical (unpaired) electrons. The lowest BCUT2D eigenvalue weighted by Crippen LogP contribution is -2.48. The highest BCUT2D eigenvalue weighted by molar-refractivity contribution is 5.39. The van der Waals surface area contributed by atoms with Gasteiger partial charge in [-0.15, -0.1) is 5.10 Å². The number of aromatic nitrogens is 4. The van der Waals surface area contributed by atoms with Crippen LogP contribution in [0.4, 0.5) is 16.2 Å². The van der Waals surface area contributed by atoms with E-state index in [1.807, 2.05) is 19.1 Å². The Morgan fingerprint density at radius 3 is 2.88 bits per heavy atom. The number of halogens is 1. The largest absolute Gasteiger partial charge is 0.371 e. The number of nitrogens with one attached hydrogen (secondary N) is 1. The van der Waals surface area contributed by atoms with Crippen LogP contribution in [0.15, 0.2) is 24.5 Å². The zero-order chi connectivity index (χ0) is 17.3. The van der Waals surface area contributed by atoms with Gasteiger partial charge in [0.05, 0.1) is 36.3 Å². The van der Waals surface area contributed by atoms with Crippen molar-refractivity contribution in [2.45, 2.75) is 37.8 Å². The van der Waals surface area contributed by atoms with Crippen molar-refractivity contribution in [3.8, 4) is 0 Å². The maximum absolute atomic E-state index is 12.9. The van der Waals surface area contributed by atoms with E-state index >= 15 is 0 Å². The van der Waals surface area contributed by atoms with Crippen molar-refractivity contribution >= 4 is 11.8 Å². The molecule has 2 fully saturated rings. The average molecular weight is 344 g/mol. The maximum atomic E-state index is 12.9. The maximum Gasteiger partial charge on any atom is 0.223 e. The van der Waals surface area contributed by atoms with Crippen molar-refractivity contribution in [3.05, 3.63) is 36.0 Å². The Hall–Kier alpha value is -2.35. The van der Waals surface area contributed by atoms with Crippen LogP contribution in [0.5, 0.6) is 0 Å². The predicted octanol–water partition coefficient (Wildman–Crippen LogP) is 1.95. The van der Waals surface area contributed by atoms with E-state index in [0.717, 1.165) is 43.9 Å². The molecule has 4 rings (SSSR count). The molecule has 4 heterocycles. The summed E-state index contributed by atoms with van der Waals surface area (Å²) >= 11 is 0. The summed E-state index contributed by atoms with van der Waals surface area (Å²) in [6.45, 7) is 4.28. The minimum absolute atomic E-state index is 0.120. The number of hydrogen-bond donors (Lipinski definition) is 1. The van der Waals surface area contributed by atoms with E-state index in [1.165, 1.54) is 12.4 Å². The first kappa shape index (κ1) is 16.1. The Kier molecular flexibility index (Phi) is 4.20. The molecule has 25 heavy (non-hydrogen) atoms. The van der Waals surface area contributed by atoms with Crippen LogP contribution in [-0.4, -0.2) is 51.5 Å². The summed E-state index contributed by atoms with van der Waals surface area (Å²) in [6, 6.07) is 4.11. The van der Waals surface area contributed by atoms with Gasteiger partial charge in [-0.25, -0.2) is 14.4 Å². The molecule has 0 bridgehead atoms. The van der Waals surface area contributed by atoms with Crippen molar-refractivity contribution in [2.75, 3.05) is 29.9 Å². The van der Waals surface area contributed by atoms with E-state index in [0.29, 0.717) is 12.6 Å². The number of aryl methyl sites for hydroxylation is 1. The third-order valence-electron chi connectivity index (χ3n) is 4.81. The summed E-state index contributed by atoms with van der Waals surface area (Å²) in [5, 5.41) is 11.7. The molecule has 7 nitrogen and oxygen atoms in total. The predicted molar refractivity (Wildman–Crippen MR) is 90.9 cm³/mol. The van der Waals surface area contributed by atoms with Gasteiger partial charge in [0.1, 0.15) is 0 Å². The summed E-state index contributed by atoms with van der Waals surface area (Å²) < 4.78 is 19.1. The molecule has 2 atom stereocenters. The quantitative estimate of drug-likeness (QED) is 0.912. The second kappa shape index (κ2) is 6.51. The molecule has 0 aliphatic carbocycles. The average Bonchev–Trinajstić information content (AvgIpc) is 2.99. The van der Waals surface area contributed by atoms with Gasteiger partial charge >= 0.3 is 0 Å². The molecule has 0 unspecified atom stereocenters. The first-order chi connectivity index (χ1) is 12.1. The van der Waals surface area contributed by atoms with Crippen molar-refractivity contribution in [3.63, 3.8) is 0 Å². The van der Waals surface area contributed by atoms with Crippen molar-refractivity contribution in [1.29, 1.82) is 0 Å². The third kappa shape index (κ3) is 3.53. The highest BCUT2D eigenvalue weighted by Crippen LogP contribution is 2.36. The summed E-state index contributed by atoms with van der Waals surface area (Å²) in [5.74, 6) is 0.891. The van der Waals surface area contributed by atoms with Gasteiger partial charge in [0, 0.05) is 19.5 Å². The molecule has 2 aromatic rings. The van der Waals surface area contributed by atoms with E-state index < -0.39 is 5.82 Å². The van der Waals surface area contributed by atoms with Gasteiger partial charge in [-0.2, -0.15) is 5.10 Å². The first-order valence-corrected chi connectivity index (χ1v) is 8.55. The van der Waals surface area contributed by atoms with Gasteiger partial charge in [0.2, 0.25) is 5.95 Å². The van der Waals surface area contributed by atoms with Gasteiger partial charge < -0.3 is 15.0 Å². The lowest BCUT2D eigenvalue weighted by Gasteiger charge is -2.40. The zero-order valence-corrected chi connectivity index (χ0v) is 14.2. The van der Waals surface area contributed by atoms with E-state index in [9.17, 15) is 4.39 Å². The minimum atomic E-state index is -0.438. The fraction of sp³-hybridized carbons (Fsp3) is 0.529. The number of hydrogen-bond acceptors (Lipinski definition) is 7. The smallest absolute Gasteiger partial charge is 0.223 e. The van der Waals surface area contributed by atoms with Gasteiger partial charge in [-0.1, -0.05) is 0 Å². The van der Waals surface area contributed by atoms with Gasteiger partial charge in [-0.05, 0) is 31.9 Å². The molecule has 8 heteroatoms. The molecule has 1 N–H and O–H groups in total. The van der Waals surface area contributed by atoms with Gasteiger partial charge in [-0.3, -0.25) is 0 Å². The molecule has 2 aliphatic heterocycles. The number of anilines is 2. The Morgan fingerprint density at radius 2 is 2.12 bits per heavy atom. The Balaban J connectivity index is 1.42. The molecular formula is C17H21FN6O. The lowest BCUT2D eigenvalue weighted by atomic mass is 9.88. The Bertz CT molecular complexity index is 725. The lowest BCUT2D eigenvalue weighted by molar-refractivity contribution is -0.00654. The summed E-state index contributed by atoms with van der Waals surface area (Å²) in [5.41, 5.74) is 0.721. The highest BCUT2D eigenvalue weighted by atomic mass is 19.1. The Morgan fingerprint density at radius 1 is 1.28 bits per heavy atom. The van der Waals surface area contributed by atoms with Crippen LogP contribution < -0.4 is 10.2 Å². The van der Waals surface area contributed by atoms with Crippen LogP contribution in [0, 0.1) is 12.7 Å². The van der Waals surface area contributed by atoms with E-state index in [2.05, 4.69) is 30.4 Å². The molecule has 2 aliphatic rings. The summed E-state index contributed by atoms with van der Waals surface area (Å²) in [4.78, 5) is 10.2. The van der Waals surface area contributed by atoms with E-state index in [1.54, 1.807) is 0 Å². The monoisotopic (exact) mass is 344 g/mol. The molecule has 2 aromatic heterocycles. The van der Waals surface area contributed by atoms with Crippen LogP contribution >= 0.6 is 0 Å². The van der Waals surface area contributed by atoms with E-state index in [4.69, 9.17) is 4.74 Å². The second-order valence-electron chi connectivity index (χ2n) is 6.82. The van der Waals surface area contributed by atoms with Gasteiger partial charge in [0.25, 0.3) is 0 Å².